The van der Waals surface area contributed by atoms with Crippen molar-refractivity contribution in [3.05, 3.63) is 46.8 Å². The van der Waals surface area contributed by atoms with Gasteiger partial charge in [0, 0.05) is 11.3 Å². The number of ether oxygens (including phenoxy) is 1. The molecule has 1 aliphatic rings. The molecule has 1 aromatic heterocycles. The van der Waals surface area contributed by atoms with Crippen molar-refractivity contribution in [3.63, 3.8) is 0 Å². The monoisotopic (exact) mass is 356 g/mol. The van der Waals surface area contributed by atoms with Crippen LogP contribution in [0.4, 0.5) is 5.69 Å². The molecule has 26 heavy (non-hydrogen) atoms. The third-order valence-corrected chi connectivity index (χ3v) is 5.10. The van der Waals surface area contributed by atoms with Crippen molar-refractivity contribution >= 4 is 11.6 Å². The summed E-state index contributed by atoms with van der Waals surface area (Å²) in [5, 5.41) is 6.85. The predicted molar refractivity (Wildman–Crippen MR) is 101 cm³/mol. The molecule has 0 aliphatic heterocycles. The highest BCUT2D eigenvalue weighted by Crippen LogP contribution is 2.26. The van der Waals surface area contributed by atoms with E-state index in [1.807, 2.05) is 38.1 Å². The highest BCUT2D eigenvalue weighted by atomic mass is 16.5. The van der Waals surface area contributed by atoms with Gasteiger partial charge in [-0.1, -0.05) is 37.1 Å². The lowest BCUT2D eigenvalue weighted by molar-refractivity contribution is -0.115. The van der Waals surface area contributed by atoms with E-state index in [1.165, 1.54) is 12.8 Å². The van der Waals surface area contributed by atoms with Crippen LogP contribution in [0, 0.1) is 19.8 Å². The first-order valence-electron chi connectivity index (χ1n) is 9.43. The summed E-state index contributed by atoms with van der Waals surface area (Å²) in [5.74, 6) is 1.38. The van der Waals surface area contributed by atoms with Gasteiger partial charge in [0.15, 0.2) is 0 Å². The summed E-state index contributed by atoms with van der Waals surface area (Å²) in [6.07, 6.45) is 5.49. The van der Waals surface area contributed by atoms with E-state index in [4.69, 9.17) is 9.26 Å². The van der Waals surface area contributed by atoms with E-state index in [9.17, 15) is 4.79 Å². The number of carbonyl (C=O) groups is 1. The minimum atomic E-state index is -0.0708. The lowest BCUT2D eigenvalue weighted by atomic mass is 9.89. The van der Waals surface area contributed by atoms with Gasteiger partial charge in [-0.2, -0.15) is 0 Å². The van der Waals surface area contributed by atoms with Crippen molar-refractivity contribution in [3.8, 4) is 0 Å². The molecule has 1 aliphatic carbocycles. The minimum absolute atomic E-state index is 0.0708. The van der Waals surface area contributed by atoms with E-state index in [0.29, 0.717) is 18.5 Å². The summed E-state index contributed by atoms with van der Waals surface area (Å²) in [4.78, 5) is 12.3. The van der Waals surface area contributed by atoms with Crippen LogP contribution in [0.3, 0.4) is 0 Å². The third kappa shape index (κ3) is 4.94. The van der Waals surface area contributed by atoms with Crippen molar-refractivity contribution < 1.29 is 14.1 Å². The van der Waals surface area contributed by atoms with Gasteiger partial charge in [-0.05, 0) is 50.3 Å². The second-order valence-electron chi connectivity index (χ2n) is 7.43. The molecule has 0 unspecified atom stereocenters. The van der Waals surface area contributed by atoms with Crippen LogP contribution in [0.15, 0.2) is 28.8 Å². The van der Waals surface area contributed by atoms with E-state index in [2.05, 4.69) is 17.4 Å². The molecule has 2 atom stereocenters. The van der Waals surface area contributed by atoms with E-state index < -0.39 is 0 Å². The van der Waals surface area contributed by atoms with Crippen LogP contribution in [0.1, 0.15) is 55.2 Å². The second-order valence-corrected chi connectivity index (χ2v) is 7.43. The Kier molecular flexibility index (Phi) is 6.09. The van der Waals surface area contributed by atoms with Crippen LogP contribution in [-0.2, 0) is 22.6 Å². The lowest BCUT2D eigenvalue weighted by Crippen LogP contribution is -2.21. The molecule has 5 nitrogen and oxygen atoms in total. The van der Waals surface area contributed by atoms with Crippen LogP contribution in [-0.4, -0.2) is 17.2 Å². The van der Waals surface area contributed by atoms with Crippen molar-refractivity contribution in [1.29, 1.82) is 0 Å². The van der Waals surface area contributed by atoms with Crippen LogP contribution in [0.2, 0.25) is 0 Å². The first-order chi connectivity index (χ1) is 12.5. The highest BCUT2D eigenvalue weighted by Gasteiger charge is 2.19. The number of aryl methyl sites for hydroxylation is 2. The van der Waals surface area contributed by atoms with Crippen LogP contribution in [0.5, 0.6) is 0 Å². The summed E-state index contributed by atoms with van der Waals surface area (Å²) in [7, 11) is 0. The number of hydrogen-bond donors (Lipinski definition) is 1. The first-order valence-corrected chi connectivity index (χ1v) is 9.43. The third-order valence-electron chi connectivity index (χ3n) is 5.10. The number of nitrogens with one attached hydrogen (secondary N) is 1. The number of aromatic nitrogens is 1. The van der Waals surface area contributed by atoms with Crippen LogP contribution in [0.25, 0.3) is 0 Å². The summed E-state index contributed by atoms with van der Waals surface area (Å²) in [5.41, 5.74) is 3.49. The van der Waals surface area contributed by atoms with Crippen LogP contribution < -0.4 is 5.32 Å². The Bertz CT molecular complexity index is 734. The summed E-state index contributed by atoms with van der Waals surface area (Å²) >= 11 is 0. The molecule has 1 amide bonds. The largest absolute Gasteiger partial charge is 0.374 e. The zero-order chi connectivity index (χ0) is 18.5. The Morgan fingerprint density at radius 3 is 2.92 bits per heavy atom. The lowest BCUT2D eigenvalue weighted by Gasteiger charge is -2.26. The predicted octanol–water partition coefficient (Wildman–Crippen LogP) is 4.57. The van der Waals surface area contributed by atoms with Gasteiger partial charge in [-0.25, -0.2) is 0 Å². The molecule has 0 saturated heterocycles. The smallest absolute Gasteiger partial charge is 0.228 e. The number of benzene rings is 1. The van der Waals surface area contributed by atoms with Gasteiger partial charge in [-0.15, -0.1) is 0 Å². The topological polar surface area (TPSA) is 64.4 Å². The highest BCUT2D eigenvalue weighted by molar-refractivity contribution is 5.92. The molecule has 0 spiro atoms. The molecule has 1 fully saturated rings. The molecule has 0 radical (unpaired) electrons. The van der Waals surface area contributed by atoms with E-state index in [-0.39, 0.29) is 12.3 Å². The molecular formula is C21H28N2O3. The second kappa shape index (κ2) is 8.49. The van der Waals surface area contributed by atoms with Gasteiger partial charge in [0.05, 0.1) is 24.8 Å². The molecule has 5 heteroatoms. The number of amides is 1. The number of anilines is 1. The van der Waals surface area contributed by atoms with Crippen molar-refractivity contribution in [1.82, 2.24) is 5.16 Å². The minimum Gasteiger partial charge on any atom is -0.374 e. The van der Waals surface area contributed by atoms with Crippen LogP contribution >= 0.6 is 0 Å². The maximum atomic E-state index is 12.3. The molecule has 1 saturated carbocycles. The Morgan fingerprint density at radius 2 is 2.19 bits per heavy atom. The maximum Gasteiger partial charge on any atom is 0.228 e. The Balaban J connectivity index is 1.54. The molecule has 1 heterocycles. The van der Waals surface area contributed by atoms with Crippen molar-refractivity contribution in [2.24, 2.45) is 5.92 Å². The van der Waals surface area contributed by atoms with Gasteiger partial charge < -0.3 is 14.6 Å². The van der Waals surface area contributed by atoms with E-state index in [0.717, 1.165) is 41.3 Å². The Hall–Kier alpha value is -2.14. The molecule has 2 aromatic rings. The van der Waals surface area contributed by atoms with Gasteiger partial charge in [0.1, 0.15) is 5.76 Å². The fraction of sp³-hybridized carbons (Fsp3) is 0.524. The van der Waals surface area contributed by atoms with E-state index >= 15 is 0 Å². The molecule has 0 bridgehead atoms. The summed E-state index contributed by atoms with van der Waals surface area (Å²) in [6.45, 7) is 6.56. The average Bonchev–Trinajstić information content (AvgIpc) is 2.92. The number of carbonyl (C=O) groups excluding carboxylic acids is 1. The maximum absolute atomic E-state index is 12.3. The molecule has 1 aromatic carbocycles. The first kappa shape index (κ1) is 18.6. The zero-order valence-electron chi connectivity index (χ0n) is 15.9. The summed E-state index contributed by atoms with van der Waals surface area (Å²) in [6, 6.07) is 7.87. The van der Waals surface area contributed by atoms with E-state index in [1.54, 1.807) is 0 Å². The fourth-order valence-electron chi connectivity index (χ4n) is 3.60. The molecule has 140 valence electrons. The average molecular weight is 356 g/mol. The van der Waals surface area contributed by atoms with Gasteiger partial charge in [0.25, 0.3) is 0 Å². The Labute approximate surface area is 155 Å². The molecule has 1 N–H and O–H groups in total. The quantitative estimate of drug-likeness (QED) is 0.823. The SMILES string of the molecule is Cc1noc(C)c1CC(=O)Nc1cccc(CO[C@@H]2CCC[C@@H](C)C2)c1. The number of rotatable bonds is 6. The zero-order valence-corrected chi connectivity index (χ0v) is 15.9. The van der Waals surface area contributed by atoms with Gasteiger partial charge in [-0.3, -0.25) is 4.79 Å². The standard InChI is InChI=1S/C21H28N2O3/c1-14-6-4-9-19(10-14)25-13-17-7-5-8-18(11-17)22-21(24)12-20-15(2)23-26-16(20)3/h5,7-8,11,14,19H,4,6,9-10,12-13H2,1-3H3,(H,22,24)/t14-,19-/m1/s1. The summed E-state index contributed by atoms with van der Waals surface area (Å²) < 4.78 is 11.2. The molecular weight excluding hydrogens is 328 g/mol. The molecule has 3 rings (SSSR count). The van der Waals surface area contributed by atoms with Crippen molar-refractivity contribution in [2.45, 2.75) is 65.6 Å². The van der Waals surface area contributed by atoms with Crippen molar-refractivity contribution in [2.75, 3.05) is 5.32 Å². The number of nitrogens with zero attached hydrogens (tertiary/aromatic N) is 1. The fourth-order valence-corrected chi connectivity index (χ4v) is 3.60. The number of hydrogen-bond acceptors (Lipinski definition) is 4. The Morgan fingerprint density at radius 1 is 1.35 bits per heavy atom. The normalized spacial score (nSPS) is 20.1. The van der Waals surface area contributed by atoms with Gasteiger partial charge in [0.2, 0.25) is 5.91 Å². The van der Waals surface area contributed by atoms with Gasteiger partial charge >= 0.3 is 0 Å².